The van der Waals surface area contributed by atoms with Crippen molar-refractivity contribution in [2.24, 2.45) is 0 Å². The van der Waals surface area contributed by atoms with Crippen LogP contribution >= 0.6 is 11.6 Å². The van der Waals surface area contributed by atoms with Gasteiger partial charge in [0, 0.05) is 5.88 Å². The third kappa shape index (κ3) is 10.5. The second-order valence-corrected chi connectivity index (χ2v) is 19.9. The van der Waals surface area contributed by atoms with Gasteiger partial charge in [-0.2, -0.15) is 0 Å². The van der Waals surface area contributed by atoms with Crippen molar-refractivity contribution in [2.45, 2.75) is 64.7 Å². The Hall–Kier alpha value is 0.861. The Morgan fingerprint density at radius 1 is 0.765 bits per heavy atom. The van der Waals surface area contributed by atoms with E-state index in [4.69, 9.17) is 19.8 Å². The summed E-state index contributed by atoms with van der Waals surface area (Å²) >= 11 is 5.75. The highest BCUT2D eigenvalue weighted by Gasteiger charge is 2.39. The van der Waals surface area contributed by atoms with Gasteiger partial charge in [0.2, 0.25) is 0 Å². The lowest BCUT2D eigenvalue weighted by Crippen LogP contribution is -2.52. The smallest absolute Gasteiger partial charge is 0.314 e. The molecule has 0 radical (unpaired) electrons. The van der Waals surface area contributed by atoms with Crippen molar-refractivity contribution in [3.8, 4) is 0 Å². The van der Waals surface area contributed by atoms with Gasteiger partial charge in [0.05, 0.1) is 0 Å². The molecule has 0 amide bonds. The molecule has 6 heteroatoms. The quantitative estimate of drug-likeness (QED) is 0.365. The third-order valence-electron chi connectivity index (χ3n) is 2.06. The molecule has 0 aromatic rings. The van der Waals surface area contributed by atoms with Crippen molar-refractivity contribution in [3.05, 3.63) is 0 Å². The summed E-state index contributed by atoms with van der Waals surface area (Å²) in [7, 11) is -5.05. The van der Waals surface area contributed by atoms with Gasteiger partial charge in [0.1, 0.15) is 0 Å². The van der Waals surface area contributed by atoms with Crippen LogP contribution in [0.15, 0.2) is 0 Å². The molecule has 0 N–H and O–H groups in total. The minimum atomic E-state index is -1.99. The van der Waals surface area contributed by atoms with Crippen LogP contribution in [0, 0.1) is 0 Å². The van der Waals surface area contributed by atoms with Crippen molar-refractivity contribution < 1.29 is 8.23 Å². The fourth-order valence-electron chi connectivity index (χ4n) is 1.96. The zero-order chi connectivity index (χ0) is 13.7. The monoisotopic (exact) mass is 312 g/mol. The maximum absolute atomic E-state index is 6.40. The molecule has 0 aliphatic heterocycles. The van der Waals surface area contributed by atoms with Crippen molar-refractivity contribution in [3.63, 3.8) is 0 Å². The van der Waals surface area contributed by atoms with Gasteiger partial charge in [-0.1, -0.05) is 6.42 Å². The standard InChI is InChI=1S/C11H29ClO2Si3/c1-15(2,3)13-17(7,11-9-8-10-12)14-16(4,5)6/h8-11H2,1-7H3. The van der Waals surface area contributed by atoms with E-state index in [1.807, 2.05) is 0 Å². The molecule has 0 fully saturated rings. The normalized spacial score (nSPS) is 14.1. The lowest BCUT2D eigenvalue weighted by atomic mass is 10.4. The molecule has 0 bridgehead atoms. The molecular weight excluding hydrogens is 284 g/mol. The number of alkyl halides is 1. The largest absolute Gasteiger partial charge is 0.437 e. The first kappa shape index (κ1) is 17.9. The summed E-state index contributed by atoms with van der Waals surface area (Å²) in [6.45, 7) is 15.7. The first-order chi connectivity index (χ1) is 7.47. The molecule has 0 atom stereocenters. The Morgan fingerprint density at radius 3 is 1.47 bits per heavy atom. The Labute approximate surface area is 116 Å². The lowest BCUT2D eigenvalue weighted by Gasteiger charge is -2.38. The number of unbranched alkanes of at least 4 members (excludes halogenated alkanes) is 1. The Morgan fingerprint density at radius 2 is 1.18 bits per heavy atom. The first-order valence-corrected chi connectivity index (χ1v) is 16.3. The molecule has 0 rings (SSSR count). The molecule has 2 nitrogen and oxygen atoms in total. The highest BCUT2D eigenvalue weighted by Crippen LogP contribution is 2.25. The van der Waals surface area contributed by atoms with Gasteiger partial charge < -0.3 is 8.23 Å². The van der Waals surface area contributed by atoms with Gasteiger partial charge in [0.15, 0.2) is 16.6 Å². The van der Waals surface area contributed by atoms with Gasteiger partial charge in [-0.3, -0.25) is 0 Å². The Balaban J connectivity index is 4.57. The average Bonchev–Trinajstić information content (AvgIpc) is 1.96. The van der Waals surface area contributed by atoms with Crippen LogP contribution in [0.5, 0.6) is 0 Å². The lowest BCUT2D eigenvalue weighted by molar-refractivity contribution is 0.381. The summed E-state index contributed by atoms with van der Waals surface area (Å²) in [5, 5.41) is 0. The van der Waals surface area contributed by atoms with E-state index in [1.54, 1.807) is 0 Å². The van der Waals surface area contributed by atoms with E-state index in [2.05, 4.69) is 45.8 Å². The minimum Gasteiger partial charge on any atom is -0.437 e. The molecule has 0 saturated carbocycles. The van der Waals surface area contributed by atoms with Crippen LogP contribution in [0.4, 0.5) is 0 Å². The molecular formula is C11H29ClO2Si3. The molecule has 0 unspecified atom stereocenters. The SMILES string of the molecule is C[Si](C)(C)O[Si](C)(CCCCCl)O[Si](C)(C)C. The summed E-state index contributed by atoms with van der Waals surface area (Å²) in [5.41, 5.74) is 0. The van der Waals surface area contributed by atoms with Crippen LogP contribution in [0.1, 0.15) is 12.8 Å². The van der Waals surface area contributed by atoms with Crippen LogP contribution in [0.2, 0.25) is 51.9 Å². The summed E-state index contributed by atoms with van der Waals surface area (Å²) in [4.78, 5) is 0. The van der Waals surface area contributed by atoms with Gasteiger partial charge in [-0.05, 0) is 58.3 Å². The fourth-order valence-corrected chi connectivity index (χ4v) is 14.8. The van der Waals surface area contributed by atoms with E-state index >= 15 is 0 Å². The maximum atomic E-state index is 6.40. The van der Waals surface area contributed by atoms with E-state index in [-0.39, 0.29) is 0 Å². The zero-order valence-corrected chi connectivity index (χ0v) is 16.3. The maximum Gasteiger partial charge on any atom is 0.314 e. The molecule has 0 aromatic carbocycles. The molecule has 0 spiro atoms. The zero-order valence-electron chi connectivity index (χ0n) is 12.5. The van der Waals surface area contributed by atoms with Gasteiger partial charge in [-0.25, -0.2) is 0 Å². The molecule has 17 heavy (non-hydrogen) atoms. The number of hydrogen-bond donors (Lipinski definition) is 0. The molecule has 0 aromatic heterocycles. The molecule has 104 valence electrons. The van der Waals surface area contributed by atoms with Gasteiger partial charge in [-0.15, -0.1) is 11.6 Å². The minimum absolute atomic E-state index is 0.740. The van der Waals surface area contributed by atoms with Crippen molar-refractivity contribution in [2.75, 3.05) is 5.88 Å². The fraction of sp³-hybridized carbons (Fsp3) is 1.00. The highest BCUT2D eigenvalue weighted by atomic mass is 35.5. The third-order valence-corrected chi connectivity index (χ3v) is 11.9. The van der Waals surface area contributed by atoms with E-state index in [9.17, 15) is 0 Å². The van der Waals surface area contributed by atoms with Crippen LogP contribution < -0.4 is 0 Å². The molecule has 0 saturated heterocycles. The number of rotatable bonds is 8. The van der Waals surface area contributed by atoms with E-state index < -0.39 is 25.2 Å². The number of halogens is 1. The summed E-state index contributed by atoms with van der Waals surface area (Å²) in [6, 6.07) is 1.08. The topological polar surface area (TPSA) is 18.5 Å². The summed E-state index contributed by atoms with van der Waals surface area (Å²) in [5.74, 6) is 0.740. The Kier molecular flexibility index (Phi) is 7.21. The second kappa shape index (κ2) is 6.86. The first-order valence-electron chi connectivity index (χ1n) is 6.44. The predicted octanol–water partition coefficient (Wildman–Crippen LogP) is 4.78. The predicted molar refractivity (Wildman–Crippen MR) is 85.2 cm³/mol. The Bertz CT molecular complexity index is 208. The van der Waals surface area contributed by atoms with E-state index in [1.165, 1.54) is 0 Å². The molecule has 0 heterocycles. The van der Waals surface area contributed by atoms with Crippen molar-refractivity contribution in [1.82, 2.24) is 0 Å². The molecule has 0 aliphatic carbocycles. The van der Waals surface area contributed by atoms with Crippen molar-refractivity contribution in [1.29, 1.82) is 0 Å². The summed E-state index contributed by atoms with van der Waals surface area (Å²) < 4.78 is 12.8. The van der Waals surface area contributed by atoms with Gasteiger partial charge >= 0.3 is 8.56 Å². The molecule has 0 aliphatic rings. The van der Waals surface area contributed by atoms with E-state index in [0.29, 0.717) is 0 Å². The second-order valence-electron chi connectivity index (χ2n) is 6.71. The van der Waals surface area contributed by atoms with Crippen LogP contribution in [0.25, 0.3) is 0 Å². The summed E-state index contributed by atoms with van der Waals surface area (Å²) in [6.07, 6.45) is 2.19. The number of hydrogen-bond acceptors (Lipinski definition) is 2. The highest BCUT2D eigenvalue weighted by molar-refractivity contribution is 6.87. The van der Waals surface area contributed by atoms with Crippen molar-refractivity contribution >= 4 is 36.8 Å². The van der Waals surface area contributed by atoms with E-state index in [0.717, 1.165) is 24.8 Å². The van der Waals surface area contributed by atoms with Crippen LogP contribution in [-0.2, 0) is 8.23 Å². The average molecular weight is 313 g/mol. The van der Waals surface area contributed by atoms with Crippen LogP contribution in [-0.4, -0.2) is 31.1 Å². The van der Waals surface area contributed by atoms with Gasteiger partial charge in [0.25, 0.3) is 0 Å². The van der Waals surface area contributed by atoms with Crippen LogP contribution in [0.3, 0.4) is 0 Å².